The van der Waals surface area contributed by atoms with Gasteiger partial charge in [0.2, 0.25) is 5.91 Å². The Morgan fingerprint density at radius 3 is 1.86 bits per heavy atom. The zero-order valence-electron chi connectivity index (χ0n) is 12.3. The lowest BCUT2D eigenvalue weighted by Crippen LogP contribution is -2.25. The van der Waals surface area contributed by atoms with Crippen molar-refractivity contribution >= 4 is 29.2 Å². The molecule has 0 radical (unpaired) electrons. The molecule has 0 heterocycles. The van der Waals surface area contributed by atoms with E-state index >= 15 is 0 Å². The molecule has 4 nitrogen and oxygen atoms in total. The number of rotatable bonds is 4. The Balaban J connectivity index is 2.24. The second-order valence-corrected chi connectivity index (χ2v) is 5.90. The molecule has 0 spiro atoms. The average molecular weight is 318 g/mol. The van der Waals surface area contributed by atoms with Crippen LogP contribution in [-0.4, -0.2) is 17.0 Å². The quantitative estimate of drug-likeness (QED) is 0.842. The van der Waals surface area contributed by atoms with Gasteiger partial charge in [-0.25, -0.2) is 4.79 Å². The number of benzene rings is 2. The van der Waals surface area contributed by atoms with Crippen molar-refractivity contribution in [1.82, 2.24) is 0 Å². The zero-order chi connectivity index (χ0) is 16.3. The van der Waals surface area contributed by atoms with E-state index in [1.807, 2.05) is 36.4 Å². The standard InChI is InChI=1S/C17H16ClNO3/c1-11(20)19-15-9-5-13(6-10-15)12-3-7-14(8-4-12)17(2,18)16(21)22/h3-10H,1-2H3,(H,19,20)(H,21,22). The maximum atomic E-state index is 11.1. The van der Waals surface area contributed by atoms with E-state index in [1.165, 1.54) is 13.8 Å². The highest BCUT2D eigenvalue weighted by molar-refractivity contribution is 6.33. The number of carbonyl (C=O) groups is 2. The molecule has 2 aromatic rings. The number of carboxylic acids is 1. The first-order valence-electron chi connectivity index (χ1n) is 6.71. The second kappa shape index (κ2) is 6.20. The van der Waals surface area contributed by atoms with Crippen LogP contribution in [0.15, 0.2) is 48.5 Å². The molecule has 2 aromatic carbocycles. The summed E-state index contributed by atoms with van der Waals surface area (Å²) in [5, 5.41) is 11.8. The largest absolute Gasteiger partial charge is 0.480 e. The van der Waals surface area contributed by atoms with Crippen LogP contribution < -0.4 is 5.32 Å². The number of amides is 1. The minimum Gasteiger partial charge on any atom is -0.480 e. The smallest absolute Gasteiger partial charge is 0.329 e. The molecule has 22 heavy (non-hydrogen) atoms. The molecule has 1 amide bonds. The number of aliphatic carboxylic acids is 1. The molecule has 0 aliphatic rings. The van der Waals surface area contributed by atoms with Crippen LogP contribution in [0.4, 0.5) is 5.69 Å². The predicted octanol–water partition coefficient (Wildman–Crippen LogP) is 3.85. The molecule has 0 aliphatic carbocycles. The molecule has 2 N–H and O–H groups in total. The van der Waals surface area contributed by atoms with Gasteiger partial charge in [0.05, 0.1) is 0 Å². The summed E-state index contributed by atoms with van der Waals surface area (Å²) < 4.78 is 0. The molecular formula is C17H16ClNO3. The molecule has 0 bridgehead atoms. The van der Waals surface area contributed by atoms with Gasteiger partial charge in [-0.15, -0.1) is 11.6 Å². The topological polar surface area (TPSA) is 66.4 Å². The summed E-state index contributed by atoms with van der Waals surface area (Å²) in [5.41, 5.74) is 3.16. The van der Waals surface area contributed by atoms with Crippen LogP contribution in [0.1, 0.15) is 19.4 Å². The van der Waals surface area contributed by atoms with Crippen LogP contribution in [0.3, 0.4) is 0 Å². The Morgan fingerprint density at radius 1 is 1.00 bits per heavy atom. The fourth-order valence-corrected chi connectivity index (χ4v) is 2.17. The molecule has 1 atom stereocenters. The lowest BCUT2D eigenvalue weighted by molar-refractivity contribution is -0.140. The molecule has 0 aliphatic heterocycles. The zero-order valence-corrected chi connectivity index (χ0v) is 13.0. The van der Waals surface area contributed by atoms with Crippen LogP contribution in [0.5, 0.6) is 0 Å². The Bertz CT molecular complexity index is 691. The van der Waals surface area contributed by atoms with Crippen molar-refractivity contribution in [3.8, 4) is 11.1 Å². The van der Waals surface area contributed by atoms with Crippen molar-refractivity contribution in [2.24, 2.45) is 0 Å². The van der Waals surface area contributed by atoms with E-state index in [0.717, 1.165) is 16.8 Å². The van der Waals surface area contributed by atoms with E-state index in [-0.39, 0.29) is 5.91 Å². The number of carboxylic acid groups (broad SMARTS) is 1. The SMILES string of the molecule is CC(=O)Nc1ccc(-c2ccc(C(C)(Cl)C(=O)O)cc2)cc1. The van der Waals surface area contributed by atoms with Crippen LogP contribution in [0, 0.1) is 0 Å². The molecular weight excluding hydrogens is 302 g/mol. The fraction of sp³-hybridized carbons (Fsp3) is 0.176. The molecule has 0 aromatic heterocycles. The van der Waals surface area contributed by atoms with Crippen molar-refractivity contribution in [2.45, 2.75) is 18.7 Å². The maximum Gasteiger partial charge on any atom is 0.329 e. The van der Waals surface area contributed by atoms with Crippen molar-refractivity contribution in [2.75, 3.05) is 5.32 Å². The third kappa shape index (κ3) is 3.46. The van der Waals surface area contributed by atoms with Crippen molar-refractivity contribution in [3.63, 3.8) is 0 Å². The van der Waals surface area contributed by atoms with Gasteiger partial charge in [-0.2, -0.15) is 0 Å². The lowest BCUT2D eigenvalue weighted by atomic mass is 9.97. The van der Waals surface area contributed by atoms with E-state index in [0.29, 0.717) is 5.56 Å². The number of nitrogens with one attached hydrogen (secondary N) is 1. The molecule has 0 fully saturated rings. The lowest BCUT2D eigenvalue weighted by Gasteiger charge is -2.17. The maximum absolute atomic E-state index is 11.1. The minimum absolute atomic E-state index is 0.118. The molecule has 0 saturated carbocycles. The summed E-state index contributed by atoms with van der Waals surface area (Å²) in [4.78, 5) is 20.7. The van der Waals surface area contributed by atoms with E-state index in [9.17, 15) is 9.59 Å². The second-order valence-electron chi connectivity index (χ2n) is 5.14. The number of hydrogen-bond donors (Lipinski definition) is 2. The van der Waals surface area contributed by atoms with Gasteiger partial charge in [0.1, 0.15) is 0 Å². The number of alkyl halides is 1. The van der Waals surface area contributed by atoms with E-state index in [2.05, 4.69) is 5.32 Å². The highest BCUT2D eigenvalue weighted by Crippen LogP contribution is 2.31. The fourth-order valence-electron chi connectivity index (χ4n) is 2.05. The van der Waals surface area contributed by atoms with Gasteiger partial charge in [-0.1, -0.05) is 36.4 Å². The first-order chi connectivity index (χ1) is 10.3. The molecule has 0 saturated heterocycles. The summed E-state index contributed by atoms with van der Waals surface area (Å²) in [6, 6.07) is 14.5. The van der Waals surface area contributed by atoms with Crippen molar-refractivity contribution in [3.05, 3.63) is 54.1 Å². The Morgan fingerprint density at radius 2 is 1.45 bits per heavy atom. The normalized spacial score (nSPS) is 13.2. The summed E-state index contributed by atoms with van der Waals surface area (Å²) in [5.74, 6) is -1.20. The summed E-state index contributed by atoms with van der Waals surface area (Å²) in [6.07, 6.45) is 0. The van der Waals surface area contributed by atoms with E-state index in [4.69, 9.17) is 16.7 Å². The first-order valence-corrected chi connectivity index (χ1v) is 7.09. The summed E-state index contributed by atoms with van der Waals surface area (Å²) in [7, 11) is 0. The van der Waals surface area contributed by atoms with Gasteiger partial charge >= 0.3 is 5.97 Å². The van der Waals surface area contributed by atoms with Gasteiger partial charge < -0.3 is 10.4 Å². The van der Waals surface area contributed by atoms with Gasteiger partial charge in [-0.3, -0.25) is 4.79 Å². The van der Waals surface area contributed by atoms with Crippen LogP contribution in [-0.2, 0) is 14.5 Å². The third-order valence-electron chi connectivity index (χ3n) is 3.37. The molecule has 1 unspecified atom stereocenters. The molecule has 2 rings (SSSR count). The summed E-state index contributed by atoms with van der Waals surface area (Å²) >= 11 is 6.02. The highest BCUT2D eigenvalue weighted by Gasteiger charge is 2.32. The monoisotopic (exact) mass is 317 g/mol. The van der Waals surface area contributed by atoms with E-state index < -0.39 is 10.8 Å². The predicted molar refractivity (Wildman–Crippen MR) is 87.0 cm³/mol. The number of carbonyl (C=O) groups excluding carboxylic acids is 1. The Hall–Kier alpha value is -2.33. The highest BCUT2D eigenvalue weighted by atomic mass is 35.5. The van der Waals surface area contributed by atoms with Crippen molar-refractivity contribution < 1.29 is 14.7 Å². The van der Waals surface area contributed by atoms with Gasteiger partial charge in [-0.05, 0) is 35.7 Å². The van der Waals surface area contributed by atoms with Gasteiger partial charge in [0.25, 0.3) is 0 Å². The van der Waals surface area contributed by atoms with Gasteiger partial charge in [0, 0.05) is 12.6 Å². The number of anilines is 1. The average Bonchev–Trinajstić information content (AvgIpc) is 2.47. The molecule has 114 valence electrons. The summed E-state index contributed by atoms with van der Waals surface area (Å²) in [6.45, 7) is 2.91. The third-order valence-corrected chi connectivity index (χ3v) is 3.75. The van der Waals surface area contributed by atoms with E-state index in [1.54, 1.807) is 12.1 Å². The minimum atomic E-state index is -1.44. The van der Waals surface area contributed by atoms with Crippen molar-refractivity contribution in [1.29, 1.82) is 0 Å². The van der Waals surface area contributed by atoms with Crippen LogP contribution in [0.25, 0.3) is 11.1 Å². The van der Waals surface area contributed by atoms with Crippen LogP contribution in [0.2, 0.25) is 0 Å². The Labute approximate surface area is 133 Å². The van der Waals surface area contributed by atoms with Gasteiger partial charge in [0.15, 0.2) is 4.87 Å². The first kappa shape index (κ1) is 16.0. The van der Waals surface area contributed by atoms with Crippen LogP contribution >= 0.6 is 11.6 Å². The number of hydrogen-bond acceptors (Lipinski definition) is 2. The Kier molecular flexibility index (Phi) is 4.52. The molecule has 5 heteroatoms. The number of halogens is 1.